The van der Waals surface area contributed by atoms with Gasteiger partial charge in [-0.3, -0.25) is 0 Å². The average molecular weight is 247 g/mol. The van der Waals surface area contributed by atoms with Gasteiger partial charge >= 0.3 is 0 Å². The molecule has 0 bridgehead atoms. The Morgan fingerprint density at radius 2 is 1.83 bits per heavy atom. The monoisotopic (exact) mass is 247 g/mol. The first-order valence-corrected chi connectivity index (χ1v) is 7.13. The molecule has 0 spiro atoms. The van der Waals surface area contributed by atoms with Crippen molar-refractivity contribution in [3.05, 3.63) is 29.8 Å². The molecule has 1 aromatic rings. The highest BCUT2D eigenvalue weighted by molar-refractivity contribution is 5.26. The molecule has 0 amide bonds. The molecule has 2 nitrogen and oxygen atoms in total. The van der Waals surface area contributed by atoms with Crippen molar-refractivity contribution in [1.82, 2.24) is 4.90 Å². The van der Waals surface area contributed by atoms with Gasteiger partial charge in [0, 0.05) is 12.6 Å². The zero-order valence-electron chi connectivity index (χ0n) is 11.6. The van der Waals surface area contributed by atoms with Crippen molar-refractivity contribution in [2.75, 3.05) is 13.6 Å². The normalized spacial score (nSPS) is 18.4. The summed E-state index contributed by atoms with van der Waals surface area (Å²) >= 11 is 0. The Kier molecular flexibility index (Phi) is 4.65. The van der Waals surface area contributed by atoms with Crippen LogP contribution in [0.4, 0.5) is 0 Å². The fourth-order valence-electron chi connectivity index (χ4n) is 2.91. The third-order valence-electron chi connectivity index (χ3n) is 4.24. The van der Waals surface area contributed by atoms with E-state index in [1.165, 1.54) is 37.8 Å². The second-order valence-electron chi connectivity index (χ2n) is 5.81. The Labute approximate surface area is 111 Å². The molecule has 0 aromatic heterocycles. The van der Waals surface area contributed by atoms with Crippen LogP contribution >= 0.6 is 0 Å². The summed E-state index contributed by atoms with van der Waals surface area (Å²) in [6.45, 7) is 3.53. The van der Waals surface area contributed by atoms with Crippen LogP contribution in [0.3, 0.4) is 0 Å². The molecule has 0 saturated heterocycles. The number of benzene rings is 1. The molecule has 1 aliphatic rings. The minimum Gasteiger partial charge on any atom is -0.508 e. The Balaban J connectivity index is 1.82. The number of nitrogens with zero attached hydrogens (tertiary/aromatic N) is 1. The van der Waals surface area contributed by atoms with Gasteiger partial charge in [-0.15, -0.1) is 0 Å². The smallest absolute Gasteiger partial charge is 0.115 e. The zero-order valence-corrected chi connectivity index (χ0v) is 11.6. The summed E-state index contributed by atoms with van der Waals surface area (Å²) in [7, 11) is 2.24. The van der Waals surface area contributed by atoms with Gasteiger partial charge in [-0.05, 0) is 56.8 Å². The number of likely N-dealkylation sites (N-methyl/N-ethyl adjacent to an activating group) is 1. The van der Waals surface area contributed by atoms with Gasteiger partial charge in [0.1, 0.15) is 5.75 Å². The van der Waals surface area contributed by atoms with E-state index in [1.54, 1.807) is 12.1 Å². The lowest BCUT2D eigenvalue weighted by Crippen LogP contribution is -2.34. The molecule has 1 atom stereocenters. The highest BCUT2D eigenvalue weighted by atomic mass is 16.3. The van der Waals surface area contributed by atoms with E-state index < -0.39 is 0 Å². The first-order valence-electron chi connectivity index (χ1n) is 7.13. The molecule has 1 aliphatic carbocycles. The number of phenols is 1. The van der Waals surface area contributed by atoms with E-state index in [9.17, 15) is 5.11 Å². The summed E-state index contributed by atoms with van der Waals surface area (Å²) in [6.07, 6.45) is 6.73. The van der Waals surface area contributed by atoms with E-state index in [-0.39, 0.29) is 0 Å². The summed E-state index contributed by atoms with van der Waals surface area (Å²) in [4.78, 5) is 2.49. The van der Waals surface area contributed by atoms with E-state index in [2.05, 4.69) is 18.9 Å². The van der Waals surface area contributed by atoms with Crippen molar-refractivity contribution in [2.24, 2.45) is 5.92 Å². The van der Waals surface area contributed by atoms with E-state index in [1.807, 2.05) is 12.1 Å². The summed E-state index contributed by atoms with van der Waals surface area (Å²) in [5.74, 6) is 1.27. The topological polar surface area (TPSA) is 23.5 Å². The quantitative estimate of drug-likeness (QED) is 0.861. The fourth-order valence-corrected chi connectivity index (χ4v) is 2.91. The van der Waals surface area contributed by atoms with Crippen molar-refractivity contribution in [3.8, 4) is 5.75 Å². The minimum absolute atomic E-state index is 0.353. The minimum atomic E-state index is 0.353. The van der Waals surface area contributed by atoms with Crippen molar-refractivity contribution in [1.29, 1.82) is 0 Å². The van der Waals surface area contributed by atoms with Crippen molar-refractivity contribution in [3.63, 3.8) is 0 Å². The standard InChI is InChI=1S/C16H25NO/c1-13(11-14-7-9-16(18)10-8-14)17(2)12-15-5-3-4-6-15/h7-10,13,15,18H,3-6,11-12H2,1-2H3. The molecule has 1 aromatic carbocycles. The van der Waals surface area contributed by atoms with Gasteiger partial charge in [0.2, 0.25) is 0 Å². The van der Waals surface area contributed by atoms with E-state index in [0.29, 0.717) is 11.8 Å². The van der Waals surface area contributed by atoms with Gasteiger partial charge in [-0.2, -0.15) is 0 Å². The maximum atomic E-state index is 9.28. The Bertz CT molecular complexity index is 354. The first-order chi connectivity index (χ1) is 8.65. The second-order valence-corrected chi connectivity index (χ2v) is 5.81. The van der Waals surface area contributed by atoms with Crippen LogP contribution in [0.2, 0.25) is 0 Å². The van der Waals surface area contributed by atoms with Crippen LogP contribution in [0.25, 0.3) is 0 Å². The third kappa shape index (κ3) is 3.74. The number of phenolic OH excluding ortho intramolecular Hbond substituents is 1. The van der Waals surface area contributed by atoms with Gasteiger partial charge in [0.15, 0.2) is 0 Å². The van der Waals surface area contributed by atoms with Crippen LogP contribution in [-0.2, 0) is 6.42 Å². The molecule has 2 rings (SSSR count). The number of rotatable bonds is 5. The van der Waals surface area contributed by atoms with Crippen LogP contribution in [0, 0.1) is 5.92 Å². The molecule has 0 heterocycles. The van der Waals surface area contributed by atoms with Crippen LogP contribution in [0.15, 0.2) is 24.3 Å². The molecule has 2 heteroatoms. The Hall–Kier alpha value is -1.02. The lowest BCUT2D eigenvalue weighted by molar-refractivity contribution is 0.218. The van der Waals surface area contributed by atoms with E-state index >= 15 is 0 Å². The van der Waals surface area contributed by atoms with Crippen molar-refractivity contribution in [2.45, 2.75) is 45.1 Å². The van der Waals surface area contributed by atoms with Gasteiger partial charge in [-0.1, -0.05) is 25.0 Å². The summed E-state index contributed by atoms with van der Waals surface area (Å²) in [5.41, 5.74) is 1.30. The molecular weight excluding hydrogens is 222 g/mol. The molecule has 1 unspecified atom stereocenters. The number of hydrogen-bond donors (Lipinski definition) is 1. The number of aromatic hydroxyl groups is 1. The van der Waals surface area contributed by atoms with Crippen LogP contribution < -0.4 is 0 Å². The highest BCUT2D eigenvalue weighted by Crippen LogP contribution is 2.26. The lowest BCUT2D eigenvalue weighted by atomic mass is 10.0. The molecular formula is C16H25NO. The maximum absolute atomic E-state index is 9.28. The van der Waals surface area contributed by atoms with E-state index in [0.717, 1.165) is 12.3 Å². The van der Waals surface area contributed by atoms with Crippen LogP contribution in [-0.4, -0.2) is 29.6 Å². The predicted molar refractivity (Wildman–Crippen MR) is 75.9 cm³/mol. The summed E-state index contributed by atoms with van der Waals surface area (Å²) in [5, 5.41) is 9.28. The summed E-state index contributed by atoms with van der Waals surface area (Å²) in [6, 6.07) is 8.16. The molecule has 1 N–H and O–H groups in total. The Morgan fingerprint density at radius 3 is 2.44 bits per heavy atom. The van der Waals surface area contributed by atoms with Crippen molar-refractivity contribution < 1.29 is 5.11 Å². The molecule has 0 radical (unpaired) electrons. The second kappa shape index (κ2) is 6.24. The summed E-state index contributed by atoms with van der Waals surface area (Å²) < 4.78 is 0. The maximum Gasteiger partial charge on any atom is 0.115 e. The zero-order chi connectivity index (χ0) is 13.0. The molecule has 100 valence electrons. The molecule has 1 fully saturated rings. The number of hydrogen-bond acceptors (Lipinski definition) is 2. The average Bonchev–Trinajstić information content (AvgIpc) is 2.85. The first kappa shape index (κ1) is 13.4. The molecule has 0 aliphatic heterocycles. The van der Waals surface area contributed by atoms with Gasteiger partial charge in [-0.25, -0.2) is 0 Å². The SMILES string of the molecule is CC(Cc1ccc(O)cc1)N(C)CC1CCCC1. The van der Waals surface area contributed by atoms with Crippen molar-refractivity contribution >= 4 is 0 Å². The van der Waals surface area contributed by atoms with Gasteiger partial charge in [0.05, 0.1) is 0 Å². The predicted octanol–water partition coefficient (Wildman–Crippen LogP) is 3.45. The van der Waals surface area contributed by atoms with Crippen LogP contribution in [0.1, 0.15) is 38.2 Å². The lowest BCUT2D eigenvalue weighted by Gasteiger charge is -2.27. The fraction of sp³-hybridized carbons (Fsp3) is 0.625. The van der Waals surface area contributed by atoms with Gasteiger partial charge < -0.3 is 10.0 Å². The Morgan fingerprint density at radius 1 is 1.22 bits per heavy atom. The van der Waals surface area contributed by atoms with Crippen LogP contribution in [0.5, 0.6) is 5.75 Å². The largest absolute Gasteiger partial charge is 0.508 e. The highest BCUT2D eigenvalue weighted by Gasteiger charge is 2.19. The molecule has 1 saturated carbocycles. The van der Waals surface area contributed by atoms with Gasteiger partial charge in [0.25, 0.3) is 0 Å². The third-order valence-corrected chi connectivity index (χ3v) is 4.24. The van der Waals surface area contributed by atoms with E-state index in [4.69, 9.17) is 0 Å². The molecule has 18 heavy (non-hydrogen) atoms.